The summed E-state index contributed by atoms with van der Waals surface area (Å²) in [5.74, 6) is 0.993. The van der Waals surface area contributed by atoms with Gasteiger partial charge in [-0.2, -0.15) is 0 Å². The Morgan fingerprint density at radius 3 is 1.77 bits per heavy atom. The fourth-order valence-corrected chi connectivity index (χ4v) is 2.21. The summed E-state index contributed by atoms with van der Waals surface area (Å²) in [4.78, 5) is 0. The first-order valence-corrected chi connectivity index (χ1v) is 9.37. The van der Waals surface area contributed by atoms with E-state index in [0.717, 1.165) is 12.4 Å². The number of ether oxygens (including phenoxy) is 1. The monoisotopic (exact) mass is 308 g/mol. The average molecular weight is 309 g/mol. The van der Waals surface area contributed by atoms with E-state index in [1.165, 1.54) is 64.2 Å². The normalized spacial score (nSPS) is 11.2. The van der Waals surface area contributed by atoms with Crippen LogP contribution in [0.3, 0.4) is 0 Å². The molecule has 0 aliphatic heterocycles. The summed E-state index contributed by atoms with van der Waals surface area (Å²) in [7, 11) is 0. The van der Waals surface area contributed by atoms with Crippen LogP contribution in [0.15, 0.2) is 36.6 Å². The average Bonchev–Trinajstić information content (AvgIpc) is 2.56. The maximum Gasteiger partial charge on any atom is 0.114 e. The lowest BCUT2D eigenvalue weighted by atomic mass is 10.1. The Labute approximate surface area is 140 Å². The maximum absolute atomic E-state index is 5.68. The van der Waals surface area contributed by atoms with Crippen molar-refractivity contribution in [3.63, 3.8) is 0 Å². The second-order valence-electron chi connectivity index (χ2n) is 5.30. The minimum atomic E-state index is 0.853. The molecule has 0 fully saturated rings. The van der Waals surface area contributed by atoms with E-state index in [2.05, 4.69) is 6.58 Å². The molecule has 1 heteroatoms. The van der Waals surface area contributed by atoms with E-state index in [1.807, 2.05) is 52.0 Å². The van der Waals surface area contributed by atoms with Gasteiger partial charge in [-0.1, -0.05) is 70.9 Å². The molecule has 0 spiro atoms. The zero-order valence-electron chi connectivity index (χ0n) is 15.7. The van der Waals surface area contributed by atoms with Crippen molar-refractivity contribution in [1.82, 2.24) is 0 Å². The van der Waals surface area contributed by atoms with Gasteiger partial charge in [0.1, 0.15) is 5.76 Å². The first-order chi connectivity index (χ1) is 10.8. The molecule has 0 unspecified atom stereocenters. The van der Waals surface area contributed by atoms with E-state index in [-0.39, 0.29) is 0 Å². The molecule has 0 saturated heterocycles. The summed E-state index contributed by atoms with van der Waals surface area (Å²) >= 11 is 0. The quantitative estimate of drug-likeness (QED) is 0.139. The number of hydrogen-bond acceptors (Lipinski definition) is 1. The Kier molecular flexibility index (Phi) is 23.6. The third kappa shape index (κ3) is 19.0. The van der Waals surface area contributed by atoms with Crippen LogP contribution in [-0.4, -0.2) is 6.61 Å². The van der Waals surface area contributed by atoms with E-state index in [9.17, 15) is 0 Å². The number of hydrogen-bond donors (Lipinski definition) is 0. The van der Waals surface area contributed by atoms with Crippen LogP contribution >= 0.6 is 0 Å². The Morgan fingerprint density at radius 1 is 0.818 bits per heavy atom. The van der Waals surface area contributed by atoms with Gasteiger partial charge in [-0.25, -0.2) is 0 Å². The van der Waals surface area contributed by atoms with E-state index in [4.69, 9.17) is 4.74 Å². The molecule has 0 aliphatic rings. The molecule has 0 heterocycles. The van der Waals surface area contributed by atoms with Crippen molar-refractivity contribution in [3.05, 3.63) is 36.6 Å². The van der Waals surface area contributed by atoms with Crippen LogP contribution in [0.4, 0.5) is 0 Å². The molecule has 0 aromatic carbocycles. The minimum absolute atomic E-state index is 0.853. The van der Waals surface area contributed by atoms with E-state index in [0.29, 0.717) is 0 Å². The SMILES string of the molecule is C=CCCCCCCCCCCCOC(/C=C\C)=C/C.CC. The molecule has 0 saturated carbocycles. The van der Waals surface area contributed by atoms with Crippen LogP contribution in [0.25, 0.3) is 0 Å². The van der Waals surface area contributed by atoms with Crippen LogP contribution in [0, 0.1) is 0 Å². The molecule has 0 atom stereocenters. The smallest absolute Gasteiger partial charge is 0.114 e. The van der Waals surface area contributed by atoms with Gasteiger partial charge in [0.25, 0.3) is 0 Å². The molecule has 130 valence electrons. The molecule has 0 N–H and O–H groups in total. The lowest BCUT2D eigenvalue weighted by Crippen LogP contribution is -1.93. The summed E-state index contributed by atoms with van der Waals surface area (Å²) in [5.41, 5.74) is 0. The van der Waals surface area contributed by atoms with Gasteiger partial charge in [0.05, 0.1) is 6.61 Å². The van der Waals surface area contributed by atoms with Crippen molar-refractivity contribution in [2.24, 2.45) is 0 Å². The predicted molar refractivity (Wildman–Crippen MR) is 102 cm³/mol. The zero-order valence-corrected chi connectivity index (χ0v) is 15.7. The van der Waals surface area contributed by atoms with Crippen LogP contribution in [0.2, 0.25) is 0 Å². The first-order valence-electron chi connectivity index (χ1n) is 9.37. The van der Waals surface area contributed by atoms with Gasteiger partial charge in [0, 0.05) is 0 Å². The van der Waals surface area contributed by atoms with Crippen molar-refractivity contribution in [2.45, 2.75) is 91.9 Å². The molecular weight excluding hydrogens is 268 g/mol. The first kappa shape index (κ1) is 23.3. The molecule has 22 heavy (non-hydrogen) atoms. The zero-order chi connectivity index (χ0) is 16.9. The molecule has 0 aliphatic carbocycles. The van der Waals surface area contributed by atoms with Crippen molar-refractivity contribution in [3.8, 4) is 0 Å². The van der Waals surface area contributed by atoms with Crippen molar-refractivity contribution >= 4 is 0 Å². The lowest BCUT2D eigenvalue weighted by Gasteiger charge is -2.06. The fourth-order valence-electron chi connectivity index (χ4n) is 2.21. The van der Waals surface area contributed by atoms with Crippen LogP contribution in [0.5, 0.6) is 0 Å². The molecule has 0 rings (SSSR count). The van der Waals surface area contributed by atoms with Gasteiger partial charge in [-0.3, -0.25) is 0 Å². The van der Waals surface area contributed by atoms with E-state index < -0.39 is 0 Å². The number of unbranched alkanes of at least 4 members (excludes halogenated alkanes) is 9. The summed E-state index contributed by atoms with van der Waals surface area (Å²) in [6.45, 7) is 12.6. The van der Waals surface area contributed by atoms with Crippen LogP contribution in [-0.2, 0) is 4.74 Å². The molecule has 0 aromatic heterocycles. The minimum Gasteiger partial charge on any atom is -0.494 e. The summed E-state index contributed by atoms with van der Waals surface area (Å²) in [5, 5.41) is 0. The highest BCUT2D eigenvalue weighted by Gasteiger charge is 1.94. The Balaban J connectivity index is 0. The van der Waals surface area contributed by atoms with Crippen molar-refractivity contribution in [1.29, 1.82) is 0 Å². The standard InChI is InChI=1S/C19H34O.C2H6/c1-4-7-8-9-10-11-12-13-14-15-16-18-20-19(6-3)17-5-2;1-2/h4-6,17H,1,7-16,18H2,2-3H3;1-2H3/b17-5-,19-6+;. The van der Waals surface area contributed by atoms with Gasteiger partial charge < -0.3 is 4.74 Å². The Hall–Kier alpha value is -0.980. The predicted octanol–water partition coefficient (Wildman–Crippen LogP) is 7.60. The van der Waals surface area contributed by atoms with Gasteiger partial charge in [0.15, 0.2) is 0 Å². The largest absolute Gasteiger partial charge is 0.494 e. The molecular formula is C21H40O. The Morgan fingerprint density at radius 2 is 1.32 bits per heavy atom. The maximum atomic E-state index is 5.68. The number of rotatable bonds is 14. The second-order valence-corrected chi connectivity index (χ2v) is 5.30. The third-order valence-corrected chi connectivity index (χ3v) is 3.44. The molecule has 0 amide bonds. The molecule has 0 aromatic rings. The van der Waals surface area contributed by atoms with Crippen LogP contribution in [0.1, 0.15) is 91.9 Å². The highest BCUT2D eigenvalue weighted by Crippen LogP contribution is 2.11. The second kappa shape index (κ2) is 22.3. The summed E-state index contributed by atoms with van der Waals surface area (Å²) in [6.07, 6.45) is 21.4. The number of allylic oxidation sites excluding steroid dienone is 4. The fraction of sp³-hybridized carbons (Fsp3) is 0.714. The summed E-state index contributed by atoms with van der Waals surface area (Å²) in [6, 6.07) is 0. The van der Waals surface area contributed by atoms with Gasteiger partial charge in [0.2, 0.25) is 0 Å². The van der Waals surface area contributed by atoms with Crippen molar-refractivity contribution in [2.75, 3.05) is 6.61 Å². The highest BCUT2D eigenvalue weighted by molar-refractivity contribution is 5.09. The Bertz CT molecular complexity index is 263. The third-order valence-electron chi connectivity index (χ3n) is 3.44. The van der Waals surface area contributed by atoms with E-state index >= 15 is 0 Å². The van der Waals surface area contributed by atoms with E-state index in [1.54, 1.807) is 0 Å². The molecule has 1 nitrogen and oxygen atoms in total. The van der Waals surface area contributed by atoms with Crippen molar-refractivity contribution < 1.29 is 4.74 Å². The van der Waals surface area contributed by atoms with Gasteiger partial charge in [-0.05, 0) is 45.3 Å². The topological polar surface area (TPSA) is 9.23 Å². The van der Waals surface area contributed by atoms with Crippen LogP contribution < -0.4 is 0 Å². The highest BCUT2D eigenvalue weighted by atomic mass is 16.5. The molecule has 0 radical (unpaired) electrons. The lowest BCUT2D eigenvalue weighted by molar-refractivity contribution is 0.216. The van der Waals surface area contributed by atoms with Gasteiger partial charge >= 0.3 is 0 Å². The van der Waals surface area contributed by atoms with Gasteiger partial charge in [-0.15, -0.1) is 6.58 Å². The summed E-state index contributed by atoms with van der Waals surface area (Å²) < 4.78 is 5.68. The molecule has 0 bridgehead atoms.